The highest BCUT2D eigenvalue weighted by molar-refractivity contribution is 5.78. The first-order chi connectivity index (χ1) is 15.7. The predicted octanol–water partition coefficient (Wildman–Crippen LogP) is 3.72. The van der Waals surface area contributed by atoms with Gasteiger partial charge in [-0.05, 0) is 55.2 Å². The molecule has 0 spiro atoms. The Morgan fingerprint density at radius 1 is 0.758 bits per heavy atom. The van der Waals surface area contributed by atoms with Crippen molar-refractivity contribution in [1.29, 1.82) is 0 Å². The lowest BCUT2D eigenvalue weighted by Gasteiger charge is -2.23. The Labute approximate surface area is 194 Å². The maximum Gasteiger partial charge on any atom is 0.384 e. The van der Waals surface area contributed by atoms with E-state index in [-0.39, 0.29) is 43.0 Å². The molecule has 2 N–H and O–H groups in total. The molecule has 2 aromatic rings. The van der Waals surface area contributed by atoms with Crippen LogP contribution in [0.3, 0.4) is 0 Å². The summed E-state index contributed by atoms with van der Waals surface area (Å²) in [6.07, 6.45) is -1.89. The lowest BCUT2D eigenvalue weighted by atomic mass is 10.1. The molecule has 0 amide bonds. The van der Waals surface area contributed by atoms with Crippen LogP contribution in [0.25, 0.3) is 0 Å². The summed E-state index contributed by atoms with van der Waals surface area (Å²) >= 11 is 0. The third kappa shape index (κ3) is 8.75. The van der Waals surface area contributed by atoms with Gasteiger partial charge in [0.25, 0.3) is 0 Å². The van der Waals surface area contributed by atoms with Crippen LogP contribution in [0.1, 0.15) is 38.8 Å². The predicted molar refractivity (Wildman–Crippen MR) is 120 cm³/mol. The number of carbonyl (C=O) groups excluding carboxylic acids is 2. The van der Waals surface area contributed by atoms with Crippen LogP contribution >= 0.6 is 0 Å². The molecule has 8 nitrogen and oxygen atoms in total. The molecule has 0 unspecified atom stereocenters. The zero-order valence-electron chi connectivity index (χ0n) is 19.4. The van der Waals surface area contributed by atoms with E-state index >= 15 is 0 Å². The molecular weight excluding hydrogens is 428 g/mol. The molecular formula is C25H32O8. The molecule has 180 valence electrons. The normalized spacial score (nSPS) is 13.8. The first kappa shape index (κ1) is 26.2. The SMILES string of the molecule is CCO[C@@H](Cc1ccc(O)cc1)C(=O)OOC(=O)[C@@H](Cc1ccc(O)cc1)O[C@H](C)C(C)C. The van der Waals surface area contributed by atoms with Crippen LogP contribution < -0.4 is 0 Å². The van der Waals surface area contributed by atoms with E-state index in [0.717, 1.165) is 11.1 Å². The molecule has 0 radical (unpaired) electrons. The Morgan fingerprint density at radius 3 is 1.61 bits per heavy atom. The molecule has 0 saturated carbocycles. The van der Waals surface area contributed by atoms with Crippen LogP contribution in [0.5, 0.6) is 11.5 Å². The molecule has 33 heavy (non-hydrogen) atoms. The Morgan fingerprint density at radius 2 is 1.18 bits per heavy atom. The average Bonchev–Trinajstić information content (AvgIpc) is 2.79. The van der Waals surface area contributed by atoms with Gasteiger partial charge in [0.15, 0.2) is 12.2 Å². The minimum atomic E-state index is -1.01. The van der Waals surface area contributed by atoms with E-state index in [4.69, 9.17) is 19.2 Å². The van der Waals surface area contributed by atoms with Crippen molar-refractivity contribution in [3.63, 3.8) is 0 Å². The highest BCUT2D eigenvalue weighted by atomic mass is 17.2. The molecule has 0 bridgehead atoms. The number of benzene rings is 2. The van der Waals surface area contributed by atoms with Crippen molar-refractivity contribution in [2.75, 3.05) is 6.61 Å². The number of phenols is 2. The van der Waals surface area contributed by atoms with Crippen molar-refractivity contribution < 1.29 is 39.1 Å². The fourth-order valence-electron chi connectivity index (χ4n) is 2.90. The summed E-state index contributed by atoms with van der Waals surface area (Å²) in [5.74, 6) is -1.32. The van der Waals surface area contributed by atoms with E-state index in [1.807, 2.05) is 20.8 Å². The molecule has 2 rings (SSSR count). The van der Waals surface area contributed by atoms with Gasteiger partial charge in [-0.1, -0.05) is 38.1 Å². The van der Waals surface area contributed by atoms with Crippen LogP contribution in [-0.2, 0) is 41.7 Å². The summed E-state index contributed by atoms with van der Waals surface area (Å²) in [6.45, 7) is 7.76. The van der Waals surface area contributed by atoms with E-state index in [1.54, 1.807) is 31.2 Å². The van der Waals surface area contributed by atoms with E-state index in [2.05, 4.69) is 0 Å². The maximum absolute atomic E-state index is 12.7. The van der Waals surface area contributed by atoms with Crippen molar-refractivity contribution >= 4 is 11.9 Å². The van der Waals surface area contributed by atoms with Crippen LogP contribution in [-0.4, -0.2) is 47.1 Å². The number of rotatable bonds is 11. The zero-order chi connectivity index (χ0) is 24.4. The third-order valence-electron chi connectivity index (χ3n) is 5.13. The maximum atomic E-state index is 12.7. The second kappa shape index (κ2) is 12.8. The van der Waals surface area contributed by atoms with Gasteiger partial charge in [-0.3, -0.25) is 0 Å². The quantitative estimate of drug-likeness (QED) is 0.386. The van der Waals surface area contributed by atoms with Crippen LogP contribution in [0, 0.1) is 5.92 Å². The van der Waals surface area contributed by atoms with E-state index in [0.29, 0.717) is 0 Å². The van der Waals surface area contributed by atoms with Gasteiger partial charge in [-0.15, -0.1) is 0 Å². The van der Waals surface area contributed by atoms with E-state index in [9.17, 15) is 19.8 Å². The summed E-state index contributed by atoms with van der Waals surface area (Å²) in [4.78, 5) is 34.9. The molecule has 0 aliphatic carbocycles. The zero-order valence-corrected chi connectivity index (χ0v) is 19.4. The number of hydrogen-bond donors (Lipinski definition) is 2. The Balaban J connectivity index is 2.03. The van der Waals surface area contributed by atoms with Gasteiger partial charge in [0, 0.05) is 19.4 Å². The molecule has 8 heteroatoms. The third-order valence-corrected chi connectivity index (χ3v) is 5.13. The van der Waals surface area contributed by atoms with Gasteiger partial charge in [0.2, 0.25) is 0 Å². The van der Waals surface area contributed by atoms with Crippen molar-refractivity contribution in [2.24, 2.45) is 5.92 Å². The molecule has 0 saturated heterocycles. The summed E-state index contributed by atoms with van der Waals surface area (Å²) in [5, 5.41) is 18.9. The molecule has 0 aliphatic heterocycles. The highest BCUT2D eigenvalue weighted by Gasteiger charge is 2.29. The summed E-state index contributed by atoms with van der Waals surface area (Å²) < 4.78 is 11.3. The van der Waals surface area contributed by atoms with Crippen molar-refractivity contribution in [2.45, 2.75) is 58.8 Å². The fraction of sp³-hybridized carbons (Fsp3) is 0.440. The number of carbonyl (C=O) groups is 2. The fourth-order valence-corrected chi connectivity index (χ4v) is 2.90. The van der Waals surface area contributed by atoms with Crippen LogP contribution in [0.4, 0.5) is 0 Å². The van der Waals surface area contributed by atoms with Crippen molar-refractivity contribution in [3.05, 3.63) is 59.7 Å². The first-order valence-electron chi connectivity index (χ1n) is 10.9. The van der Waals surface area contributed by atoms with Crippen molar-refractivity contribution in [3.8, 4) is 11.5 Å². The minimum absolute atomic E-state index is 0.110. The largest absolute Gasteiger partial charge is 0.508 e. The standard InChI is InChI=1S/C25H32O8/c1-5-30-22(14-18-6-10-20(26)11-7-18)24(28)32-33-25(29)23(31-17(4)16(2)3)15-19-8-12-21(27)13-9-19/h6-13,16-17,22-23,26-27H,5,14-15H2,1-4H3/t17-,22+,23-/m1/s1. The molecule has 0 fully saturated rings. The number of phenolic OH excluding ortho intramolecular Hbond substituents is 2. The monoisotopic (exact) mass is 460 g/mol. The molecule has 2 aromatic carbocycles. The molecule has 0 aromatic heterocycles. The highest BCUT2D eigenvalue weighted by Crippen LogP contribution is 2.18. The Hall–Kier alpha value is -3.10. The Bertz CT molecular complexity index is 876. The van der Waals surface area contributed by atoms with Gasteiger partial charge in [-0.2, -0.15) is 0 Å². The van der Waals surface area contributed by atoms with Gasteiger partial charge < -0.3 is 19.7 Å². The number of ether oxygens (including phenoxy) is 2. The second-order valence-electron chi connectivity index (χ2n) is 8.06. The second-order valence-corrected chi connectivity index (χ2v) is 8.06. The summed E-state index contributed by atoms with van der Waals surface area (Å²) in [5.41, 5.74) is 1.49. The van der Waals surface area contributed by atoms with Gasteiger partial charge >= 0.3 is 11.9 Å². The van der Waals surface area contributed by atoms with Gasteiger partial charge in [0.05, 0.1) is 6.10 Å². The molecule has 0 heterocycles. The summed E-state index contributed by atoms with van der Waals surface area (Å²) in [7, 11) is 0. The van der Waals surface area contributed by atoms with E-state index in [1.165, 1.54) is 24.3 Å². The Kier molecular flexibility index (Phi) is 10.2. The first-order valence-corrected chi connectivity index (χ1v) is 10.9. The lowest BCUT2D eigenvalue weighted by molar-refractivity contribution is -0.273. The van der Waals surface area contributed by atoms with Crippen molar-refractivity contribution in [1.82, 2.24) is 0 Å². The molecule has 3 atom stereocenters. The number of hydrogen-bond acceptors (Lipinski definition) is 8. The smallest absolute Gasteiger partial charge is 0.384 e. The lowest BCUT2D eigenvalue weighted by Crippen LogP contribution is -2.36. The van der Waals surface area contributed by atoms with E-state index < -0.39 is 24.1 Å². The minimum Gasteiger partial charge on any atom is -0.508 e. The van der Waals surface area contributed by atoms with Crippen LogP contribution in [0.15, 0.2) is 48.5 Å². The van der Waals surface area contributed by atoms with Gasteiger partial charge in [-0.25, -0.2) is 19.4 Å². The van der Waals surface area contributed by atoms with Crippen LogP contribution in [0.2, 0.25) is 0 Å². The number of aromatic hydroxyl groups is 2. The average molecular weight is 461 g/mol. The van der Waals surface area contributed by atoms with Gasteiger partial charge in [0.1, 0.15) is 11.5 Å². The topological polar surface area (TPSA) is 112 Å². The molecule has 0 aliphatic rings. The summed E-state index contributed by atoms with van der Waals surface area (Å²) in [6, 6.07) is 12.7.